The molecule has 0 fully saturated rings. The Bertz CT molecular complexity index is 841. The van der Waals surface area contributed by atoms with Gasteiger partial charge in [-0.05, 0) is 30.3 Å². The first-order chi connectivity index (χ1) is 11.7. The molecule has 0 aliphatic rings. The molecular weight excluding hydrogens is 370 g/mol. The number of methoxy groups -OCH3 is 1. The number of amides is 2. The first kappa shape index (κ1) is 19.0. The van der Waals surface area contributed by atoms with E-state index < -0.39 is 11.7 Å². The van der Waals surface area contributed by atoms with E-state index in [9.17, 15) is 14.0 Å². The number of nitrogens with zero attached hydrogens (tertiary/aromatic N) is 1. The largest absolute Gasteiger partial charge is 0.495 e. The highest BCUT2D eigenvalue weighted by Crippen LogP contribution is 2.29. The highest BCUT2D eigenvalue weighted by atomic mass is 35.5. The van der Waals surface area contributed by atoms with E-state index in [1.54, 1.807) is 26.2 Å². The summed E-state index contributed by atoms with van der Waals surface area (Å²) in [5.74, 6) is -1.32. The molecular formula is C17H15Cl2FN2O3. The van der Waals surface area contributed by atoms with Gasteiger partial charge in [0, 0.05) is 19.7 Å². The monoisotopic (exact) mass is 384 g/mol. The van der Waals surface area contributed by atoms with Gasteiger partial charge in [-0.15, -0.1) is 0 Å². The van der Waals surface area contributed by atoms with Crippen LogP contribution in [0.2, 0.25) is 10.0 Å². The van der Waals surface area contributed by atoms with Crippen molar-refractivity contribution in [3.63, 3.8) is 0 Å². The first-order valence-corrected chi connectivity index (χ1v) is 7.85. The molecule has 0 heterocycles. The van der Waals surface area contributed by atoms with Gasteiger partial charge in [-0.1, -0.05) is 23.2 Å². The Morgan fingerprint density at radius 3 is 2.40 bits per heavy atom. The van der Waals surface area contributed by atoms with Crippen LogP contribution >= 0.6 is 23.2 Å². The van der Waals surface area contributed by atoms with Gasteiger partial charge in [-0.3, -0.25) is 9.59 Å². The molecule has 25 heavy (non-hydrogen) atoms. The summed E-state index contributed by atoms with van der Waals surface area (Å²) < 4.78 is 18.8. The quantitative estimate of drug-likeness (QED) is 0.807. The van der Waals surface area contributed by atoms with Crippen LogP contribution in [-0.2, 0) is 0 Å². The van der Waals surface area contributed by atoms with E-state index in [2.05, 4.69) is 5.32 Å². The highest BCUT2D eigenvalue weighted by Gasteiger charge is 2.18. The SMILES string of the molecule is COc1ccc(C(=O)N(C)C)cc1NC(=O)c1cc(F)c(Cl)cc1Cl. The minimum atomic E-state index is -0.764. The molecule has 2 aromatic rings. The molecule has 2 amide bonds. The molecule has 0 saturated heterocycles. The Labute approximate surface area is 154 Å². The maximum Gasteiger partial charge on any atom is 0.257 e. The summed E-state index contributed by atoms with van der Waals surface area (Å²) in [6.45, 7) is 0. The van der Waals surface area contributed by atoms with Crippen LogP contribution < -0.4 is 10.1 Å². The van der Waals surface area contributed by atoms with Crippen molar-refractivity contribution in [2.75, 3.05) is 26.5 Å². The molecule has 2 aromatic carbocycles. The summed E-state index contributed by atoms with van der Waals surface area (Å²) in [6, 6.07) is 6.69. The molecule has 2 rings (SSSR count). The van der Waals surface area contributed by atoms with Gasteiger partial charge in [0.2, 0.25) is 0 Å². The third kappa shape index (κ3) is 4.21. The third-order valence-electron chi connectivity index (χ3n) is 3.36. The average Bonchev–Trinajstić information content (AvgIpc) is 2.57. The molecule has 0 aromatic heterocycles. The average molecular weight is 385 g/mol. The van der Waals surface area contributed by atoms with Crippen LogP contribution in [0, 0.1) is 5.82 Å². The fourth-order valence-corrected chi connectivity index (χ4v) is 2.55. The first-order valence-electron chi connectivity index (χ1n) is 7.10. The number of nitrogens with one attached hydrogen (secondary N) is 1. The van der Waals surface area contributed by atoms with Crippen LogP contribution in [0.25, 0.3) is 0 Å². The number of anilines is 1. The van der Waals surface area contributed by atoms with E-state index in [4.69, 9.17) is 27.9 Å². The zero-order chi connectivity index (χ0) is 18.7. The lowest BCUT2D eigenvalue weighted by Crippen LogP contribution is -2.22. The van der Waals surface area contributed by atoms with Crippen molar-refractivity contribution in [3.8, 4) is 5.75 Å². The lowest BCUT2D eigenvalue weighted by Gasteiger charge is -2.15. The Morgan fingerprint density at radius 2 is 1.80 bits per heavy atom. The number of carbonyl (C=O) groups excluding carboxylic acids is 2. The standard InChI is InChI=1S/C17H15Cl2FN2O3/c1-22(2)17(24)9-4-5-15(25-3)14(6-9)21-16(23)10-7-13(20)12(19)8-11(10)18/h4-8H,1-3H3,(H,21,23). The molecule has 0 spiro atoms. The van der Waals surface area contributed by atoms with Crippen molar-refractivity contribution in [2.24, 2.45) is 0 Å². The van der Waals surface area contributed by atoms with Gasteiger partial charge in [0.15, 0.2) is 0 Å². The van der Waals surface area contributed by atoms with E-state index >= 15 is 0 Å². The van der Waals surface area contributed by atoms with Crippen molar-refractivity contribution >= 4 is 40.7 Å². The summed E-state index contributed by atoms with van der Waals surface area (Å²) in [6.07, 6.45) is 0. The van der Waals surface area contributed by atoms with Gasteiger partial charge in [0.25, 0.3) is 11.8 Å². The zero-order valence-corrected chi connectivity index (χ0v) is 15.2. The van der Waals surface area contributed by atoms with Gasteiger partial charge in [-0.2, -0.15) is 0 Å². The van der Waals surface area contributed by atoms with E-state index in [-0.39, 0.29) is 27.2 Å². The Balaban J connectivity index is 2.38. The summed E-state index contributed by atoms with van der Waals surface area (Å²) in [4.78, 5) is 25.9. The van der Waals surface area contributed by atoms with E-state index in [0.717, 1.165) is 12.1 Å². The number of benzene rings is 2. The normalized spacial score (nSPS) is 10.3. The van der Waals surface area contributed by atoms with Crippen molar-refractivity contribution in [1.29, 1.82) is 0 Å². The Hall–Kier alpha value is -2.31. The van der Waals surface area contributed by atoms with Crippen LogP contribution in [0.1, 0.15) is 20.7 Å². The fraction of sp³-hybridized carbons (Fsp3) is 0.176. The smallest absolute Gasteiger partial charge is 0.257 e. The zero-order valence-electron chi connectivity index (χ0n) is 13.7. The van der Waals surface area contributed by atoms with E-state index in [0.29, 0.717) is 11.3 Å². The Kier molecular flexibility index (Phi) is 5.87. The summed E-state index contributed by atoms with van der Waals surface area (Å²) in [5, 5.41) is 2.39. The summed E-state index contributed by atoms with van der Waals surface area (Å²) >= 11 is 11.6. The summed E-state index contributed by atoms with van der Waals surface area (Å²) in [7, 11) is 4.65. The number of rotatable bonds is 4. The second-order valence-electron chi connectivity index (χ2n) is 5.31. The van der Waals surface area contributed by atoms with Crippen LogP contribution in [0.15, 0.2) is 30.3 Å². The van der Waals surface area contributed by atoms with Crippen molar-refractivity contribution < 1.29 is 18.7 Å². The van der Waals surface area contributed by atoms with Gasteiger partial charge in [0.1, 0.15) is 11.6 Å². The third-order valence-corrected chi connectivity index (χ3v) is 3.96. The molecule has 132 valence electrons. The molecule has 0 radical (unpaired) electrons. The molecule has 1 N–H and O–H groups in total. The molecule has 0 saturated carbocycles. The van der Waals surface area contributed by atoms with Crippen LogP contribution in [0.4, 0.5) is 10.1 Å². The van der Waals surface area contributed by atoms with Gasteiger partial charge in [0.05, 0.1) is 28.4 Å². The summed E-state index contributed by atoms with van der Waals surface area (Å²) in [5.41, 5.74) is 0.524. The maximum atomic E-state index is 13.6. The predicted molar refractivity (Wildman–Crippen MR) is 95.4 cm³/mol. The van der Waals surface area contributed by atoms with E-state index in [1.165, 1.54) is 18.1 Å². The fourth-order valence-electron chi connectivity index (χ4n) is 2.08. The number of ether oxygens (including phenoxy) is 1. The number of halogens is 3. The predicted octanol–water partition coefficient (Wildman–Crippen LogP) is 4.10. The molecule has 0 aliphatic carbocycles. The molecule has 0 atom stereocenters. The van der Waals surface area contributed by atoms with Crippen LogP contribution in [0.5, 0.6) is 5.75 Å². The number of hydrogen-bond acceptors (Lipinski definition) is 3. The van der Waals surface area contributed by atoms with Gasteiger partial charge < -0.3 is 15.0 Å². The van der Waals surface area contributed by atoms with E-state index in [1.807, 2.05) is 0 Å². The molecule has 8 heteroatoms. The highest BCUT2D eigenvalue weighted by molar-refractivity contribution is 6.37. The van der Waals surface area contributed by atoms with Gasteiger partial charge >= 0.3 is 0 Å². The Morgan fingerprint density at radius 1 is 1.12 bits per heavy atom. The minimum Gasteiger partial charge on any atom is -0.495 e. The molecule has 5 nitrogen and oxygen atoms in total. The minimum absolute atomic E-state index is 0.00314. The number of carbonyl (C=O) groups is 2. The lowest BCUT2D eigenvalue weighted by molar-refractivity contribution is 0.0827. The topological polar surface area (TPSA) is 58.6 Å². The van der Waals surface area contributed by atoms with Gasteiger partial charge in [-0.25, -0.2) is 4.39 Å². The second kappa shape index (κ2) is 7.72. The molecule has 0 aliphatic heterocycles. The van der Waals surface area contributed by atoms with Crippen LogP contribution in [0.3, 0.4) is 0 Å². The molecule has 0 unspecified atom stereocenters. The van der Waals surface area contributed by atoms with Crippen molar-refractivity contribution in [2.45, 2.75) is 0 Å². The second-order valence-corrected chi connectivity index (χ2v) is 6.13. The van der Waals surface area contributed by atoms with Crippen molar-refractivity contribution in [1.82, 2.24) is 4.90 Å². The number of hydrogen-bond donors (Lipinski definition) is 1. The van der Waals surface area contributed by atoms with Crippen LogP contribution in [-0.4, -0.2) is 37.9 Å². The van der Waals surface area contributed by atoms with Crippen molar-refractivity contribution in [3.05, 3.63) is 57.3 Å². The molecule has 0 bridgehead atoms. The lowest BCUT2D eigenvalue weighted by atomic mass is 10.1. The maximum absolute atomic E-state index is 13.6.